The molecular weight excluding hydrogens is 250 g/mol. The molecule has 6 heteroatoms. The molecule has 1 heterocycles. The number of nitrogens with zero attached hydrogens (tertiary/aromatic N) is 2. The van der Waals surface area contributed by atoms with Crippen molar-refractivity contribution in [1.82, 2.24) is 9.97 Å². The molecule has 1 unspecified atom stereocenters. The minimum Gasteiger partial charge on any atom is -0.382 e. The Bertz CT molecular complexity index is 655. The summed E-state index contributed by atoms with van der Waals surface area (Å²) in [5, 5.41) is 3.14. The zero-order valence-electron chi connectivity index (χ0n) is 10.3. The molecule has 0 aliphatic heterocycles. The lowest BCUT2D eigenvalue weighted by Crippen LogP contribution is -2.24. The number of benzene rings is 1. The van der Waals surface area contributed by atoms with Crippen molar-refractivity contribution in [2.75, 3.05) is 17.3 Å². The van der Waals surface area contributed by atoms with Crippen molar-refractivity contribution in [1.29, 1.82) is 0 Å². The molecular formula is C12H15N3O2S. The van der Waals surface area contributed by atoms with Gasteiger partial charge in [-0.3, -0.25) is 9.97 Å². The maximum Gasteiger partial charge on any atom is 0.149 e. The van der Waals surface area contributed by atoms with E-state index >= 15 is 0 Å². The third-order valence-corrected chi connectivity index (χ3v) is 3.54. The van der Waals surface area contributed by atoms with E-state index in [9.17, 15) is 8.42 Å². The lowest BCUT2D eigenvalue weighted by molar-refractivity contribution is 0.598. The van der Waals surface area contributed by atoms with Crippen LogP contribution in [0.2, 0.25) is 0 Å². The van der Waals surface area contributed by atoms with Gasteiger partial charge in [-0.15, -0.1) is 0 Å². The summed E-state index contributed by atoms with van der Waals surface area (Å²) in [6.45, 7) is 1.84. The van der Waals surface area contributed by atoms with E-state index in [1.165, 1.54) is 6.26 Å². The lowest BCUT2D eigenvalue weighted by Gasteiger charge is -2.14. The molecule has 0 spiro atoms. The van der Waals surface area contributed by atoms with Crippen LogP contribution in [0.15, 0.2) is 30.6 Å². The highest BCUT2D eigenvalue weighted by Crippen LogP contribution is 2.16. The number of nitrogens with one attached hydrogen (secondary N) is 1. The molecule has 18 heavy (non-hydrogen) atoms. The van der Waals surface area contributed by atoms with Crippen LogP contribution in [-0.4, -0.2) is 36.4 Å². The van der Waals surface area contributed by atoms with Gasteiger partial charge in [0.1, 0.15) is 9.84 Å². The van der Waals surface area contributed by atoms with E-state index in [0.717, 1.165) is 16.7 Å². The van der Waals surface area contributed by atoms with Gasteiger partial charge in [-0.05, 0) is 25.1 Å². The molecule has 0 aliphatic carbocycles. The van der Waals surface area contributed by atoms with Crippen LogP contribution < -0.4 is 5.32 Å². The monoisotopic (exact) mass is 265 g/mol. The van der Waals surface area contributed by atoms with Gasteiger partial charge in [0.15, 0.2) is 0 Å². The van der Waals surface area contributed by atoms with Crippen molar-refractivity contribution in [3.8, 4) is 0 Å². The second-order valence-electron chi connectivity index (χ2n) is 4.40. The maximum absolute atomic E-state index is 11.2. The number of hydrogen-bond donors (Lipinski definition) is 1. The number of aromatic nitrogens is 2. The quantitative estimate of drug-likeness (QED) is 0.906. The molecule has 0 saturated heterocycles. The number of sulfone groups is 1. The van der Waals surface area contributed by atoms with Crippen molar-refractivity contribution in [2.45, 2.75) is 13.0 Å². The van der Waals surface area contributed by atoms with Crippen LogP contribution in [-0.2, 0) is 9.84 Å². The standard InChI is InChI=1S/C12H15N3O2S/c1-9(8-18(2,16)17)15-10-3-4-11-12(7-10)14-6-5-13-11/h3-7,9,15H,8H2,1-2H3. The lowest BCUT2D eigenvalue weighted by atomic mass is 10.2. The van der Waals surface area contributed by atoms with Gasteiger partial charge in [0.25, 0.3) is 0 Å². The van der Waals surface area contributed by atoms with Crippen molar-refractivity contribution in [3.63, 3.8) is 0 Å². The number of hydrogen-bond acceptors (Lipinski definition) is 5. The summed E-state index contributed by atoms with van der Waals surface area (Å²) in [6, 6.07) is 5.45. The molecule has 2 rings (SSSR count). The first-order valence-corrected chi connectivity index (χ1v) is 7.65. The van der Waals surface area contributed by atoms with Crippen molar-refractivity contribution in [3.05, 3.63) is 30.6 Å². The predicted octanol–water partition coefficient (Wildman–Crippen LogP) is 1.47. The zero-order chi connectivity index (χ0) is 13.2. The molecule has 1 aromatic heterocycles. The number of anilines is 1. The summed E-state index contributed by atoms with van der Waals surface area (Å²) >= 11 is 0. The van der Waals surface area contributed by atoms with Crippen LogP contribution in [0.4, 0.5) is 5.69 Å². The van der Waals surface area contributed by atoms with Gasteiger partial charge in [-0.25, -0.2) is 8.42 Å². The Morgan fingerprint density at radius 3 is 2.56 bits per heavy atom. The number of fused-ring (bicyclic) bond motifs is 1. The van der Waals surface area contributed by atoms with Crippen LogP contribution in [0.5, 0.6) is 0 Å². The van der Waals surface area contributed by atoms with Crippen molar-refractivity contribution >= 4 is 26.6 Å². The first-order valence-electron chi connectivity index (χ1n) is 5.59. The van der Waals surface area contributed by atoms with Crippen LogP contribution in [0.1, 0.15) is 6.92 Å². The van der Waals surface area contributed by atoms with Crippen molar-refractivity contribution in [2.24, 2.45) is 0 Å². The van der Waals surface area contributed by atoms with Gasteiger partial charge in [0.05, 0.1) is 16.8 Å². The van der Waals surface area contributed by atoms with Crippen LogP contribution >= 0.6 is 0 Å². The third kappa shape index (κ3) is 3.40. The summed E-state index contributed by atoms with van der Waals surface area (Å²) < 4.78 is 22.4. The maximum atomic E-state index is 11.2. The molecule has 0 aliphatic rings. The van der Waals surface area contributed by atoms with Crippen LogP contribution in [0.3, 0.4) is 0 Å². The van der Waals surface area contributed by atoms with Gasteiger partial charge in [0, 0.05) is 30.4 Å². The molecule has 96 valence electrons. The zero-order valence-corrected chi connectivity index (χ0v) is 11.1. The Morgan fingerprint density at radius 1 is 1.22 bits per heavy atom. The fourth-order valence-corrected chi connectivity index (χ4v) is 2.82. The van der Waals surface area contributed by atoms with Crippen molar-refractivity contribution < 1.29 is 8.42 Å². The van der Waals surface area contributed by atoms with Gasteiger partial charge >= 0.3 is 0 Å². The molecule has 2 aromatic rings. The Morgan fingerprint density at radius 2 is 1.89 bits per heavy atom. The molecule has 0 amide bonds. The van der Waals surface area contributed by atoms with E-state index in [1.54, 1.807) is 12.4 Å². The second kappa shape index (κ2) is 4.89. The second-order valence-corrected chi connectivity index (χ2v) is 6.58. The highest BCUT2D eigenvalue weighted by molar-refractivity contribution is 7.90. The van der Waals surface area contributed by atoms with E-state index in [2.05, 4.69) is 15.3 Å². The Labute approximate surface area is 106 Å². The van der Waals surface area contributed by atoms with E-state index in [0.29, 0.717) is 0 Å². The van der Waals surface area contributed by atoms with Crippen LogP contribution in [0.25, 0.3) is 11.0 Å². The molecule has 1 atom stereocenters. The topological polar surface area (TPSA) is 72.0 Å². The molecule has 0 saturated carbocycles. The van der Waals surface area contributed by atoms with Gasteiger partial charge < -0.3 is 5.32 Å². The van der Waals surface area contributed by atoms with E-state index in [1.807, 2.05) is 25.1 Å². The van der Waals surface area contributed by atoms with E-state index in [-0.39, 0.29) is 11.8 Å². The largest absolute Gasteiger partial charge is 0.382 e. The smallest absolute Gasteiger partial charge is 0.149 e. The Balaban J connectivity index is 2.17. The fourth-order valence-electron chi connectivity index (χ4n) is 1.83. The SMILES string of the molecule is CC(CS(C)(=O)=O)Nc1ccc2nccnc2c1. The predicted molar refractivity (Wildman–Crippen MR) is 72.3 cm³/mol. The summed E-state index contributed by atoms with van der Waals surface area (Å²) in [6.07, 6.45) is 4.50. The van der Waals surface area contributed by atoms with E-state index < -0.39 is 9.84 Å². The summed E-state index contributed by atoms with van der Waals surface area (Å²) in [5.41, 5.74) is 2.45. The average Bonchev–Trinajstić information content (AvgIpc) is 2.26. The molecule has 0 bridgehead atoms. The first kappa shape index (κ1) is 12.8. The molecule has 1 N–H and O–H groups in total. The average molecular weight is 265 g/mol. The van der Waals surface area contributed by atoms with Gasteiger partial charge in [0.2, 0.25) is 0 Å². The third-order valence-electron chi connectivity index (χ3n) is 2.44. The van der Waals surface area contributed by atoms with Crippen LogP contribution in [0, 0.1) is 0 Å². The highest BCUT2D eigenvalue weighted by atomic mass is 32.2. The minimum atomic E-state index is -2.98. The summed E-state index contributed by atoms with van der Waals surface area (Å²) in [5.74, 6) is 0.103. The van der Waals surface area contributed by atoms with Gasteiger partial charge in [-0.2, -0.15) is 0 Å². The van der Waals surface area contributed by atoms with E-state index in [4.69, 9.17) is 0 Å². The minimum absolute atomic E-state index is 0.103. The Hall–Kier alpha value is -1.69. The number of rotatable bonds is 4. The molecule has 0 fully saturated rings. The Kier molecular flexibility index (Phi) is 3.47. The first-order chi connectivity index (χ1) is 8.44. The fraction of sp³-hybridized carbons (Fsp3) is 0.333. The normalized spacial score (nSPS) is 13.4. The molecule has 5 nitrogen and oxygen atoms in total. The summed E-state index contributed by atoms with van der Waals surface area (Å²) in [4.78, 5) is 8.38. The van der Waals surface area contributed by atoms with Gasteiger partial charge in [-0.1, -0.05) is 0 Å². The molecule has 0 radical (unpaired) electrons. The highest BCUT2D eigenvalue weighted by Gasteiger charge is 2.10. The summed E-state index contributed by atoms with van der Waals surface area (Å²) in [7, 11) is -2.98. The molecule has 1 aromatic carbocycles.